The van der Waals surface area contributed by atoms with E-state index < -0.39 is 0 Å². The Labute approximate surface area is 139 Å². The molecule has 0 radical (unpaired) electrons. The molecule has 1 aliphatic rings. The second kappa shape index (κ2) is 7.46. The molecule has 0 atom stereocenters. The highest BCUT2D eigenvalue weighted by Gasteiger charge is 2.19. The predicted molar refractivity (Wildman–Crippen MR) is 92.5 cm³/mol. The van der Waals surface area contributed by atoms with Crippen LogP contribution in [0, 0.1) is 11.3 Å². The van der Waals surface area contributed by atoms with E-state index >= 15 is 0 Å². The number of hydrogen-bond donors (Lipinski definition) is 1. The van der Waals surface area contributed by atoms with Crippen LogP contribution in [0.1, 0.15) is 31.2 Å². The quantitative estimate of drug-likeness (QED) is 0.659. The van der Waals surface area contributed by atoms with E-state index in [9.17, 15) is 10.1 Å². The lowest BCUT2D eigenvalue weighted by atomic mass is 10.1. The van der Waals surface area contributed by atoms with Crippen LogP contribution in [-0.2, 0) is 4.79 Å². The Morgan fingerprint density at radius 3 is 2.64 bits per heavy atom. The van der Waals surface area contributed by atoms with Gasteiger partial charge in [0.25, 0.3) is 5.91 Å². The van der Waals surface area contributed by atoms with Gasteiger partial charge in [0.2, 0.25) is 0 Å². The third-order valence-electron chi connectivity index (χ3n) is 3.82. The molecule has 0 aromatic heterocycles. The number of nitrogens with zero attached hydrogens (tertiary/aromatic N) is 2. The largest absolute Gasteiger partial charge is 0.377 e. The van der Waals surface area contributed by atoms with Gasteiger partial charge < -0.3 is 10.2 Å². The van der Waals surface area contributed by atoms with Gasteiger partial charge in [-0.3, -0.25) is 4.79 Å². The standard InChI is InChI=1S/C17H20BrN3O/c1-21(2)16-8-7-12(10-15(16)18)9-13(11-19)17(22)20-14-5-3-4-6-14/h7-10,14H,3-6H2,1-2H3,(H,20,22)/b13-9+. The van der Waals surface area contributed by atoms with E-state index in [0.717, 1.165) is 41.4 Å². The SMILES string of the molecule is CN(C)c1ccc(/C=C(\C#N)C(=O)NC2CCCC2)cc1Br. The highest BCUT2D eigenvalue weighted by Crippen LogP contribution is 2.26. The van der Waals surface area contributed by atoms with Gasteiger partial charge in [0, 0.05) is 24.6 Å². The summed E-state index contributed by atoms with van der Waals surface area (Å²) in [5.41, 5.74) is 2.03. The Balaban J connectivity index is 2.16. The van der Waals surface area contributed by atoms with Gasteiger partial charge in [-0.05, 0) is 52.5 Å². The number of carbonyl (C=O) groups is 1. The summed E-state index contributed by atoms with van der Waals surface area (Å²) in [7, 11) is 3.93. The van der Waals surface area contributed by atoms with Gasteiger partial charge in [-0.25, -0.2) is 0 Å². The summed E-state index contributed by atoms with van der Waals surface area (Å²) in [5, 5.41) is 12.2. The molecule has 0 bridgehead atoms. The van der Waals surface area contributed by atoms with Crippen molar-refractivity contribution in [3.8, 4) is 6.07 Å². The van der Waals surface area contributed by atoms with Gasteiger partial charge in [0.15, 0.2) is 0 Å². The molecule has 1 amide bonds. The van der Waals surface area contributed by atoms with E-state index in [1.807, 2.05) is 43.3 Å². The van der Waals surface area contributed by atoms with Crippen molar-refractivity contribution in [1.29, 1.82) is 5.26 Å². The second-order valence-corrected chi connectivity index (χ2v) is 6.58. The van der Waals surface area contributed by atoms with E-state index in [2.05, 4.69) is 21.2 Å². The maximum atomic E-state index is 12.2. The molecule has 1 aliphatic carbocycles. The van der Waals surface area contributed by atoms with E-state index in [-0.39, 0.29) is 17.5 Å². The van der Waals surface area contributed by atoms with Crippen LogP contribution < -0.4 is 10.2 Å². The first-order valence-corrected chi connectivity index (χ1v) is 8.20. The topological polar surface area (TPSA) is 56.1 Å². The molecule has 2 rings (SSSR count). The van der Waals surface area contributed by atoms with Crippen LogP contribution in [0.5, 0.6) is 0 Å². The van der Waals surface area contributed by atoms with Crippen LogP contribution in [0.15, 0.2) is 28.2 Å². The summed E-state index contributed by atoms with van der Waals surface area (Å²) in [4.78, 5) is 14.2. The van der Waals surface area contributed by atoms with E-state index in [1.54, 1.807) is 6.08 Å². The van der Waals surface area contributed by atoms with Crippen LogP contribution >= 0.6 is 15.9 Å². The smallest absolute Gasteiger partial charge is 0.262 e. The van der Waals surface area contributed by atoms with Gasteiger partial charge in [-0.2, -0.15) is 5.26 Å². The zero-order valence-electron chi connectivity index (χ0n) is 12.9. The minimum atomic E-state index is -0.276. The molecule has 1 aromatic carbocycles. The number of benzene rings is 1. The lowest BCUT2D eigenvalue weighted by Crippen LogP contribution is -2.33. The first-order valence-electron chi connectivity index (χ1n) is 7.41. The van der Waals surface area contributed by atoms with Crippen molar-refractivity contribution in [2.45, 2.75) is 31.7 Å². The predicted octanol–water partition coefficient (Wildman–Crippen LogP) is 3.48. The molecule has 4 nitrogen and oxygen atoms in total. The van der Waals surface area contributed by atoms with Crippen LogP contribution in [0.4, 0.5) is 5.69 Å². The molecule has 1 aromatic rings. The number of rotatable bonds is 4. The molecule has 1 fully saturated rings. The fourth-order valence-corrected chi connectivity index (χ4v) is 3.38. The first kappa shape index (κ1) is 16.6. The van der Waals surface area contributed by atoms with Crippen molar-refractivity contribution in [2.75, 3.05) is 19.0 Å². The van der Waals surface area contributed by atoms with E-state index in [1.165, 1.54) is 0 Å². The molecule has 5 heteroatoms. The molecule has 0 unspecified atom stereocenters. The summed E-state index contributed by atoms with van der Waals surface area (Å²) in [6.07, 6.45) is 5.94. The molecule has 116 valence electrons. The number of amides is 1. The summed E-state index contributed by atoms with van der Waals surface area (Å²) in [6, 6.07) is 7.99. The number of halogens is 1. The third kappa shape index (κ3) is 4.11. The molecule has 1 N–H and O–H groups in total. The summed E-state index contributed by atoms with van der Waals surface area (Å²) >= 11 is 3.51. The number of nitriles is 1. The summed E-state index contributed by atoms with van der Waals surface area (Å²) in [6.45, 7) is 0. The molecular formula is C17H20BrN3O. The molecule has 0 aliphatic heterocycles. The second-order valence-electron chi connectivity index (χ2n) is 5.73. The van der Waals surface area contributed by atoms with Crippen molar-refractivity contribution >= 4 is 33.6 Å². The van der Waals surface area contributed by atoms with Crippen molar-refractivity contribution < 1.29 is 4.79 Å². The maximum Gasteiger partial charge on any atom is 0.262 e. The van der Waals surface area contributed by atoms with Crippen LogP contribution in [0.3, 0.4) is 0 Å². The van der Waals surface area contributed by atoms with Gasteiger partial charge in [0.1, 0.15) is 11.6 Å². The first-order chi connectivity index (χ1) is 10.5. The van der Waals surface area contributed by atoms with Crippen LogP contribution in [-0.4, -0.2) is 26.0 Å². The van der Waals surface area contributed by atoms with Gasteiger partial charge in [0.05, 0.1) is 5.69 Å². The van der Waals surface area contributed by atoms with Gasteiger partial charge in [-0.1, -0.05) is 18.9 Å². The monoisotopic (exact) mass is 361 g/mol. The number of hydrogen-bond acceptors (Lipinski definition) is 3. The zero-order chi connectivity index (χ0) is 16.1. The minimum absolute atomic E-state index is 0.149. The van der Waals surface area contributed by atoms with E-state index in [4.69, 9.17) is 0 Å². The highest BCUT2D eigenvalue weighted by atomic mass is 79.9. The van der Waals surface area contributed by atoms with Crippen molar-refractivity contribution in [1.82, 2.24) is 5.32 Å². The Morgan fingerprint density at radius 2 is 2.09 bits per heavy atom. The molecule has 22 heavy (non-hydrogen) atoms. The lowest BCUT2D eigenvalue weighted by molar-refractivity contribution is -0.117. The Bertz CT molecular complexity index is 625. The lowest BCUT2D eigenvalue weighted by Gasteiger charge is -2.15. The van der Waals surface area contributed by atoms with Gasteiger partial charge in [-0.15, -0.1) is 0 Å². The zero-order valence-corrected chi connectivity index (χ0v) is 14.5. The molecular weight excluding hydrogens is 342 g/mol. The Morgan fingerprint density at radius 1 is 1.41 bits per heavy atom. The van der Waals surface area contributed by atoms with Crippen molar-refractivity contribution in [3.63, 3.8) is 0 Å². The molecule has 0 spiro atoms. The average molecular weight is 362 g/mol. The van der Waals surface area contributed by atoms with Crippen molar-refractivity contribution in [3.05, 3.63) is 33.8 Å². The fourth-order valence-electron chi connectivity index (χ4n) is 2.62. The number of nitrogens with one attached hydrogen (secondary N) is 1. The Hall–Kier alpha value is -1.80. The van der Waals surface area contributed by atoms with Crippen LogP contribution in [0.2, 0.25) is 0 Å². The fraction of sp³-hybridized carbons (Fsp3) is 0.412. The van der Waals surface area contributed by atoms with Crippen LogP contribution in [0.25, 0.3) is 6.08 Å². The van der Waals surface area contributed by atoms with E-state index in [0.29, 0.717) is 0 Å². The Kier molecular flexibility index (Phi) is 5.62. The maximum absolute atomic E-state index is 12.2. The highest BCUT2D eigenvalue weighted by molar-refractivity contribution is 9.10. The number of carbonyl (C=O) groups excluding carboxylic acids is 1. The van der Waals surface area contributed by atoms with Gasteiger partial charge >= 0.3 is 0 Å². The summed E-state index contributed by atoms with van der Waals surface area (Å²) < 4.78 is 0.930. The minimum Gasteiger partial charge on any atom is -0.377 e. The molecule has 1 saturated carbocycles. The summed E-state index contributed by atoms with van der Waals surface area (Å²) in [5.74, 6) is -0.276. The molecule has 0 heterocycles. The average Bonchev–Trinajstić information content (AvgIpc) is 2.97. The molecule has 0 saturated heterocycles. The number of anilines is 1. The van der Waals surface area contributed by atoms with Crippen molar-refractivity contribution in [2.24, 2.45) is 0 Å². The third-order valence-corrected chi connectivity index (χ3v) is 4.46. The normalized spacial score (nSPS) is 15.5.